The second-order valence-corrected chi connectivity index (χ2v) is 2.29. The zero-order valence-corrected chi connectivity index (χ0v) is 10.6. The minimum Gasteiger partial charge on any atom is -0.359 e. The maximum absolute atomic E-state index is 5.14. The van der Waals surface area contributed by atoms with Gasteiger partial charge in [0.25, 0.3) is 0 Å². The predicted molar refractivity (Wildman–Crippen MR) is 61.8 cm³/mol. The third-order valence-corrected chi connectivity index (χ3v) is 0.954. The van der Waals surface area contributed by atoms with Crippen LogP contribution in [0.15, 0.2) is 12.1 Å². The molecule has 0 fully saturated rings. The first-order valence-electron chi connectivity index (χ1n) is 4.12. The monoisotopic (exact) mass is 243 g/mol. The molecule has 0 amide bonds. The summed E-state index contributed by atoms with van der Waals surface area (Å²) in [7, 11) is 6.29. The molecular weight excluding hydrogens is 222 g/mol. The molecule has 0 rings (SSSR count). The predicted octanol–water partition coefficient (Wildman–Crippen LogP) is 1.17. The zero-order chi connectivity index (χ0) is 12.5. The molecule has 0 aliphatic rings. The van der Waals surface area contributed by atoms with E-state index >= 15 is 0 Å². The highest BCUT2D eigenvalue weighted by Gasteiger charge is 1.96. The molecule has 0 saturated heterocycles. The van der Waals surface area contributed by atoms with Gasteiger partial charge in [0.1, 0.15) is 6.79 Å². The Hall–Kier alpha value is -0.170. The Morgan fingerprint density at radius 3 is 1.53 bits per heavy atom. The lowest BCUT2D eigenvalue weighted by molar-refractivity contribution is -0.0940. The zero-order valence-electron chi connectivity index (χ0n) is 9.86. The number of rotatable bonds is 5. The molecule has 6 heteroatoms. The summed E-state index contributed by atoms with van der Waals surface area (Å²) in [6.45, 7) is 3.93. The van der Waals surface area contributed by atoms with Gasteiger partial charge in [-0.3, -0.25) is 0 Å². The number of halogens is 1. The fraction of sp³-hybridized carbons (Fsp3) is 0.778. The van der Waals surface area contributed by atoms with Gasteiger partial charge in [0.2, 0.25) is 0 Å². The molecular formula is C9H22ClNO4. The Morgan fingerprint density at radius 2 is 1.53 bits per heavy atom. The summed E-state index contributed by atoms with van der Waals surface area (Å²) < 4.78 is 18.3. The molecule has 15 heavy (non-hydrogen) atoms. The van der Waals surface area contributed by atoms with Crippen molar-refractivity contribution in [3.63, 3.8) is 0 Å². The van der Waals surface area contributed by atoms with Crippen molar-refractivity contribution in [2.45, 2.75) is 6.29 Å². The standard InChI is InChI=1S/C4H11NO2.C3H8O2.C2H3Cl/c1-6-4(3-5)7-2;1-4-3-5-2;1-2-3/h4H,3,5H2,1-2H3;3H2,1-2H3;2H,1H2. The van der Waals surface area contributed by atoms with Gasteiger partial charge >= 0.3 is 0 Å². The van der Waals surface area contributed by atoms with Gasteiger partial charge in [0, 0.05) is 35.0 Å². The fourth-order valence-electron chi connectivity index (χ4n) is 0.407. The SMILES string of the molecule is C=CCl.COC(CN)OC.COCOC. The first kappa shape index (κ1) is 20.3. The van der Waals surface area contributed by atoms with E-state index in [9.17, 15) is 0 Å². The van der Waals surface area contributed by atoms with Crippen LogP contribution in [0, 0.1) is 0 Å². The summed E-state index contributed by atoms with van der Waals surface area (Å²) in [5.41, 5.74) is 6.37. The van der Waals surface area contributed by atoms with Crippen LogP contribution in [0.3, 0.4) is 0 Å². The summed E-state index contributed by atoms with van der Waals surface area (Å²) in [5, 5.41) is 0. The number of hydrogen-bond donors (Lipinski definition) is 1. The van der Waals surface area contributed by atoms with Gasteiger partial charge in [-0.2, -0.15) is 0 Å². The Balaban J connectivity index is -0.000000158. The summed E-state index contributed by atoms with van der Waals surface area (Å²) in [4.78, 5) is 0. The normalized spacial score (nSPS) is 8.47. The van der Waals surface area contributed by atoms with Crippen molar-refractivity contribution in [2.75, 3.05) is 41.8 Å². The largest absolute Gasteiger partial charge is 0.359 e. The molecule has 0 aromatic heterocycles. The van der Waals surface area contributed by atoms with E-state index < -0.39 is 0 Å². The molecule has 0 bridgehead atoms. The molecule has 2 N–H and O–H groups in total. The molecule has 94 valence electrons. The van der Waals surface area contributed by atoms with Gasteiger partial charge in [-0.15, -0.1) is 0 Å². The van der Waals surface area contributed by atoms with E-state index in [-0.39, 0.29) is 6.29 Å². The highest BCUT2D eigenvalue weighted by Crippen LogP contribution is 1.83. The third kappa shape index (κ3) is 31.6. The van der Waals surface area contributed by atoms with Crippen molar-refractivity contribution < 1.29 is 18.9 Å². The highest BCUT2D eigenvalue weighted by molar-refractivity contribution is 6.25. The Morgan fingerprint density at radius 1 is 1.20 bits per heavy atom. The van der Waals surface area contributed by atoms with Crippen LogP contribution in [0.25, 0.3) is 0 Å². The van der Waals surface area contributed by atoms with Crippen molar-refractivity contribution in [3.05, 3.63) is 12.1 Å². The van der Waals surface area contributed by atoms with Crippen LogP contribution in [0.2, 0.25) is 0 Å². The van der Waals surface area contributed by atoms with Crippen LogP contribution in [-0.4, -0.2) is 48.1 Å². The minimum atomic E-state index is -0.236. The first-order chi connectivity index (χ1) is 7.17. The number of ether oxygens (including phenoxy) is 4. The minimum absolute atomic E-state index is 0.236. The second kappa shape index (κ2) is 23.6. The quantitative estimate of drug-likeness (QED) is 0.735. The van der Waals surface area contributed by atoms with Gasteiger partial charge in [0.05, 0.1) is 0 Å². The maximum atomic E-state index is 5.14. The van der Waals surface area contributed by atoms with E-state index in [0.29, 0.717) is 13.3 Å². The van der Waals surface area contributed by atoms with E-state index in [1.807, 2.05) is 0 Å². The highest BCUT2D eigenvalue weighted by atomic mass is 35.5. The molecule has 0 aliphatic carbocycles. The third-order valence-electron chi connectivity index (χ3n) is 0.954. The van der Waals surface area contributed by atoms with Gasteiger partial charge < -0.3 is 24.7 Å². The topological polar surface area (TPSA) is 62.9 Å². The summed E-state index contributed by atoms with van der Waals surface area (Å²) in [6.07, 6.45) is -0.236. The molecule has 0 radical (unpaired) electrons. The van der Waals surface area contributed by atoms with Crippen LogP contribution in [0.1, 0.15) is 0 Å². The summed E-state index contributed by atoms with van der Waals surface area (Å²) >= 11 is 4.76. The van der Waals surface area contributed by atoms with Crippen molar-refractivity contribution in [1.29, 1.82) is 0 Å². The van der Waals surface area contributed by atoms with Crippen LogP contribution in [-0.2, 0) is 18.9 Å². The molecule has 0 aromatic rings. The molecule has 5 nitrogen and oxygen atoms in total. The van der Waals surface area contributed by atoms with Crippen molar-refractivity contribution >= 4 is 11.6 Å². The molecule has 0 atom stereocenters. The van der Waals surface area contributed by atoms with Gasteiger partial charge in [-0.25, -0.2) is 0 Å². The number of hydrogen-bond acceptors (Lipinski definition) is 5. The average molecular weight is 244 g/mol. The first-order valence-corrected chi connectivity index (χ1v) is 4.56. The van der Waals surface area contributed by atoms with E-state index in [0.717, 1.165) is 0 Å². The fourth-order valence-corrected chi connectivity index (χ4v) is 0.407. The molecule has 0 aromatic carbocycles. The molecule has 0 spiro atoms. The lowest BCUT2D eigenvalue weighted by atomic mass is 10.6. The van der Waals surface area contributed by atoms with Gasteiger partial charge in [0.15, 0.2) is 6.29 Å². The lowest BCUT2D eigenvalue weighted by Crippen LogP contribution is -2.23. The van der Waals surface area contributed by atoms with Crippen LogP contribution in [0.4, 0.5) is 0 Å². The van der Waals surface area contributed by atoms with Crippen LogP contribution < -0.4 is 5.73 Å². The lowest BCUT2D eigenvalue weighted by Gasteiger charge is -2.08. The van der Waals surface area contributed by atoms with Crippen molar-refractivity contribution in [1.82, 2.24) is 0 Å². The van der Waals surface area contributed by atoms with E-state index in [2.05, 4.69) is 16.1 Å². The van der Waals surface area contributed by atoms with Gasteiger partial charge in [-0.05, 0) is 5.54 Å². The van der Waals surface area contributed by atoms with Crippen molar-refractivity contribution in [3.8, 4) is 0 Å². The molecule has 0 unspecified atom stereocenters. The van der Waals surface area contributed by atoms with E-state index in [1.165, 1.54) is 5.54 Å². The van der Waals surface area contributed by atoms with E-state index in [1.54, 1.807) is 28.4 Å². The van der Waals surface area contributed by atoms with Crippen LogP contribution >= 0.6 is 11.6 Å². The van der Waals surface area contributed by atoms with Crippen LogP contribution in [0.5, 0.6) is 0 Å². The average Bonchev–Trinajstić information content (AvgIpc) is 2.24. The summed E-state index contributed by atoms with van der Waals surface area (Å²) in [6, 6.07) is 0. The Labute approximate surface area is 97.1 Å². The van der Waals surface area contributed by atoms with Crippen molar-refractivity contribution in [2.24, 2.45) is 5.73 Å². The number of methoxy groups -OCH3 is 4. The Kier molecular flexibility index (Phi) is 31.8. The summed E-state index contributed by atoms with van der Waals surface area (Å²) in [5.74, 6) is 0. The second-order valence-electron chi connectivity index (χ2n) is 1.99. The smallest absolute Gasteiger partial charge is 0.168 e. The van der Waals surface area contributed by atoms with Gasteiger partial charge in [-0.1, -0.05) is 18.2 Å². The number of nitrogens with two attached hydrogens (primary N) is 1. The molecule has 0 heterocycles. The molecule has 0 aliphatic heterocycles. The maximum Gasteiger partial charge on any atom is 0.168 e. The van der Waals surface area contributed by atoms with E-state index in [4.69, 9.17) is 26.8 Å². The molecule has 0 saturated carbocycles. The Bertz CT molecular complexity index is 94.6.